The second-order valence-electron chi connectivity index (χ2n) is 14.5. The molecule has 1 saturated heterocycles. The molecule has 0 aromatic heterocycles. The number of carbonyl (C=O) groups is 1. The molecule has 5 aliphatic rings. The van der Waals surface area contributed by atoms with Crippen LogP contribution in [0.1, 0.15) is 136 Å². The first-order chi connectivity index (χ1) is 17.4. The summed E-state index contributed by atoms with van der Waals surface area (Å²) in [5, 5.41) is 0. The SMILES string of the molecule is CCCCCCCN(CC1CCCCC1)[C@H]1CC[C@H]2[C@@H]3CC[C@H]4N(C)C(=O)CC[C@]4(C)[C@H]3CC[C@]12C. The molecule has 4 saturated carbocycles. The molecule has 0 bridgehead atoms. The molecule has 0 aromatic carbocycles. The van der Waals surface area contributed by atoms with E-state index >= 15 is 0 Å². The van der Waals surface area contributed by atoms with Gasteiger partial charge in [0.25, 0.3) is 0 Å². The van der Waals surface area contributed by atoms with Gasteiger partial charge in [-0.15, -0.1) is 0 Å². The van der Waals surface area contributed by atoms with Crippen LogP contribution in [0.25, 0.3) is 0 Å². The maximum absolute atomic E-state index is 12.5. The second kappa shape index (κ2) is 11.3. The Balaban J connectivity index is 1.30. The highest BCUT2D eigenvalue weighted by atomic mass is 16.2. The first-order valence-corrected chi connectivity index (χ1v) is 16.4. The number of fused-ring (bicyclic) bond motifs is 5. The molecule has 4 aliphatic carbocycles. The van der Waals surface area contributed by atoms with Crippen molar-refractivity contribution in [1.82, 2.24) is 9.80 Å². The van der Waals surface area contributed by atoms with Gasteiger partial charge >= 0.3 is 0 Å². The predicted octanol–water partition coefficient (Wildman–Crippen LogP) is 8.07. The smallest absolute Gasteiger partial charge is 0.222 e. The first kappa shape index (κ1) is 27.0. The summed E-state index contributed by atoms with van der Waals surface area (Å²) >= 11 is 0. The minimum absolute atomic E-state index is 0.353. The zero-order valence-corrected chi connectivity index (χ0v) is 24.4. The Kier molecular flexibility index (Phi) is 8.46. The lowest BCUT2D eigenvalue weighted by atomic mass is 9.47. The first-order valence-electron chi connectivity index (χ1n) is 16.4. The molecule has 36 heavy (non-hydrogen) atoms. The molecule has 0 aromatic rings. The highest BCUT2D eigenvalue weighted by Crippen LogP contribution is 2.65. The van der Waals surface area contributed by atoms with Crippen molar-refractivity contribution in [2.75, 3.05) is 20.1 Å². The number of rotatable bonds is 9. The lowest BCUT2D eigenvalue weighted by molar-refractivity contribution is -0.158. The van der Waals surface area contributed by atoms with Crippen LogP contribution in [0, 0.1) is 34.5 Å². The van der Waals surface area contributed by atoms with Crippen molar-refractivity contribution in [3.05, 3.63) is 0 Å². The van der Waals surface area contributed by atoms with Crippen LogP contribution in [-0.2, 0) is 4.79 Å². The lowest BCUT2D eigenvalue weighted by Crippen LogP contribution is -2.62. The molecule has 1 aliphatic heterocycles. The fourth-order valence-corrected chi connectivity index (χ4v) is 10.7. The number of nitrogens with zero attached hydrogens (tertiary/aromatic N) is 2. The third kappa shape index (κ3) is 4.93. The van der Waals surface area contributed by atoms with Crippen LogP contribution in [0.3, 0.4) is 0 Å². The van der Waals surface area contributed by atoms with Gasteiger partial charge in [0.15, 0.2) is 0 Å². The number of hydrogen-bond acceptors (Lipinski definition) is 2. The zero-order chi connectivity index (χ0) is 25.3. The maximum atomic E-state index is 12.5. The third-order valence-corrected chi connectivity index (χ3v) is 12.7. The Morgan fingerprint density at radius 1 is 0.833 bits per heavy atom. The van der Waals surface area contributed by atoms with E-state index in [9.17, 15) is 4.79 Å². The normalized spacial score (nSPS) is 41.3. The molecule has 206 valence electrons. The van der Waals surface area contributed by atoms with E-state index in [1.54, 1.807) is 0 Å². The van der Waals surface area contributed by atoms with Gasteiger partial charge < -0.3 is 4.90 Å². The van der Waals surface area contributed by atoms with Gasteiger partial charge in [-0.25, -0.2) is 0 Å². The molecular weight excluding hydrogens is 440 g/mol. The van der Waals surface area contributed by atoms with Crippen molar-refractivity contribution in [3.8, 4) is 0 Å². The summed E-state index contributed by atoms with van der Waals surface area (Å²) in [4.78, 5) is 17.8. The maximum Gasteiger partial charge on any atom is 0.222 e. The molecule has 1 amide bonds. The van der Waals surface area contributed by atoms with Crippen molar-refractivity contribution in [1.29, 1.82) is 0 Å². The largest absolute Gasteiger partial charge is 0.342 e. The molecule has 5 fully saturated rings. The molecule has 0 N–H and O–H groups in total. The second-order valence-corrected chi connectivity index (χ2v) is 14.5. The molecule has 0 spiro atoms. The van der Waals surface area contributed by atoms with Crippen molar-refractivity contribution in [3.63, 3.8) is 0 Å². The van der Waals surface area contributed by atoms with Gasteiger partial charge in [0, 0.05) is 32.1 Å². The highest BCUT2D eigenvalue weighted by molar-refractivity contribution is 5.77. The molecule has 7 atom stereocenters. The number of unbranched alkanes of at least 4 members (excludes halogenated alkanes) is 4. The average Bonchev–Trinajstić information content (AvgIpc) is 3.23. The molecule has 5 rings (SSSR count). The lowest BCUT2D eigenvalue weighted by Gasteiger charge is -2.62. The fourth-order valence-electron chi connectivity index (χ4n) is 10.7. The zero-order valence-electron chi connectivity index (χ0n) is 24.4. The third-order valence-electron chi connectivity index (χ3n) is 12.7. The van der Waals surface area contributed by atoms with Gasteiger partial charge in [0.05, 0.1) is 0 Å². The van der Waals surface area contributed by atoms with E-state index in [0.717, 1.165) is 42.6 Å². The molecular formula is C33H58N2O. The van der Waals surface area contributed by atoms with Crippen molar-refractivity contribution in [2.45, 2.75) is 148 Å². The van der Waals surface area contributed by atoms with Gasteiger partial charge in [-0.1, -0.05) is 65.7 Å². The summed E-state index contributed by atoms with van der Waals surface area (Å²) in [5.74, 6) is 4.01. The summed E-state index contributed by atoms with van der Waals surface area (Å²) in [7, 11) is 2.10. The monoisotopic (exact) mass is 498 g/mol. The van der Waals surface area contributed by atoms with E-state index in [0.29, 0.717) is 22.8 Å². The average molecular weight is 499 g/mol. The Bertz CT molecular complexity index is 746. The van der Waals surface area contributed by atoms with E-state index in [1.165, 1.54) is 116 Å². The Morgan fingerprint density at radius 2 is 1.58 bits per heavy atom. The van der Waals surface area contributed by atoms with E-state index in [4.69, 9.17) is 0 Å². The topological polar surface area (TPSA) is 23.6 Å². The van der Waals surface area contributed by atoms with Crippen LogP contribution in [0.5, 0.6) is 0 Å². The molecule has 0 radical (unpaired) electrons. The van der Waals surface area contributed by atoms with Crippen LogP contribution in [0.2, 0.25) is 0 Å². The van der Waals surface area contributed by atoms with Gasteiger partial charge in [0.2, 0.25) is 5.91 Å². The van der Waals surface area contributed by atoms with Crippen LogP contribution in [0.15, 0.2) is 0 Å². The molecule has 3 nitrogen and oxygen atoms in total. The number of likely N-dealkylation sites (tertiary alicyclic amines) is 1. The quantitative estimate of drug-likeness (QED) is 0.300. The van der Waals surface area contributed by atoms with Crippen LogP contribution in [-0.4, -0.2) is 47.9 Å². The van der Waals surface area contributed by atoms with E-state index in [1.807, 2.05) is 0 Å². The summed E-state index contributed by atoms with van der Waals surface area (Å²) in [6.45, 7) is 10.4. The van der Waals surface area contributed by atoms with Gasteiger partial charge in [-0.05, 0) is 105 Å². The summed E-state index contributed by atoms with van der Waals surface area (Å²) in [6.07, 6.45) is 24.7. The van der Waals surface area contributed by atoms with Gasteiger partial charge in [-0.3, -0.25) is 9.69 Å². The fraction of sp³-hybridized carbons (Fsp3) is 0.970. The van der Waals surface area contributed by atoms with Crippen LogP contribution < -0.4 is 0 Å². The number of carbonyl (C=O) groups excluding carboxylic acids is 1. The summed E-state index contributed by atoms with van der Waals surface area (Å²) in [6, 6.07) is 1.31. The van der Waals surface area contributed by atoms with E-state index in [2.05, 4.69) is 37.6 Å². The highest BCUT2D eigenvalue weighted by Gasteiger charge is 2.61. The summed E-state index contributed by atoms with van der Waals surface area (Å²) in [5.41, 5.74) is 0.866. The van der Waals surface area contributed by atoms with E-state index in [-0.39, 0.29) is 0 Å². The molecule has 3 heteroatoms. The van der Waals surface area contributed by atoms with Crippen molar-refractivity contribution in [2.24, 2.45) is 34.5 Å². The van der Waals surface area contributed by atoms with Gasteiger partial charge in [0.1, 0.15) is 0 Å². The Morgan fingerprint density at radius 3 is 2.36 bits per heavy atom. The minimum atomic E-state index is 0.353. The standard InChI is InChI=1S/C33H58N2O/c1-5-6-7-8-12-23-35(24-25-13-10-9-11-14-25)30-18-16-27-26-15-17-29-32(2,22-20-31(36)34(29)4)28(26)19-21-33(27,30)3/h25-30H,5-24H2,1-4H3/t26-,27-,28-,29+,30-,32+,33-/m0/s1. The number of piperidine rings is 1. The van der Waals surface area contributed by atoms with Crippen molar-refractivity contribution >= 4 is 5.91 Å². The Labute approximate surface area is 223 Å². The molecule has 1 heterocycles. The van der Waals surface area contributed by atoms with Gasteiger partial charge in [-0.2, -0.15) is 0 Å². The van der Waals surface area contributed by atoms with Crippen molar-refractivity contribution < 1.29 is 4.79 Å². The van der Waals surface area contributed by atoms with Crippen LogP contribution in [0.4, 0.5) is 0 Å². The Hall–Kier alpha value is -0.570. The summed E-state index contributed by atoms with van der Waals surface area (Å²) < 4.78 is 0. The number of hydrogen-bond donors (Lipinski definition) is 0. The van der Waals surface area contributed by atoms with Crippen LogP contribution >= 0.6 is 0 Å². The predicted molar refractivity (Wildman–Crippen MR) is 151 cm³/mol. The van der Waals surface area contributed by atoms with E-state index < -0.39 is 0 Å². The number of amides is 1. The molecule has 0 unspecified atom stereocenters. The minimum Gasteiger partial charge on any atom is -0.342 e.